The quantitative estimate of drug-likeness (QED) is 0.735. The van der Waals surface area contributed by atoms with Crippen LogP contribution in [0.3, 0.4) is 0 Å². The molecule has 0 spiro atoms. The average molecular weight is 239 g/mol. The summed E-state index contributed by atoms with van der Waals surface area (Å²) < 4.78 is 5.23. The third-order valence-electron chi connectivity index (χ3n) is 3.09. The van der Waals surface area contributed by atoms with E-state index in [2.05, 4.69) is 27.0 Å². The van der Waals surface area contributed by atoms with Crippen LogP contribution in [-0.4, -0.2) is 54.8 Å². The lowest BCUT2D eigenvalue weighted by Crippen LogP contribution is -2.44. The molecule has 2 rings (SSSR count). The number of unbranched alkanes of at least 4 members (excludes halogenated alkanes) is 1. The molecule has 96 valence electrons. The molecular weight excluding hydrogens is 218 g/mol. The molecule has 1 saturated heterocycles. The van der Waals surface area contributed by atoms with E-state index in [9.17, 15) is 0 Å². The van der Waals surface area contributed by atoms with Gasteiger partial charge in [-0.15, -0.1) is 0 Å². The van der Waals surface area contributed by atoms with Crippen molar-refractivity contribution in [3.63, 3.8) is 0 Å². The van der Waals surface area contributed by atoms with E-state index in [1.165, 1.54) is 0 Å². The highest BCUT2D eigenvalue weighted by molar-refractivity contribution is 5.28. The molecule has 0 aliphatic carbocycles. The van der Waals surface area contributed by atoms with Crippen molar-refractivity contribution in [2.75, 3.05) is 44.7 Å². The van der Waals surface area contributed by atoms with Crippen molar-refractivity contribution in [1.29, 1.82) is 0 Å². The van der Waals surface area contributed by atoms with Crippen LogP contribution in [0.15, 0.2) is 4.52 Å². The predicted octanol–water partition coefficient (Wildman–Crippen LogP) is 0.103. The molecule has 6 nitrogen and oxygen atoms in total. The molecule has 0 atom stereocenters. The summed E-state index contributed by atoms with van der Waals surface area (Å²) in [5.74, 6) is 1.47. The maximum absolute atomic E-state index is 5.45. The Hall–Kier alpha value is -1.14. The molecule has 0 unspecified atom stereocenters. The maximum Gasteiger partial charge on any atom is 0.266 e. The van der Waals surface area contributed by atoms with Crippen LogP contribution in [0.5, 0.6) is 0 Å². The van der Waals surface area contributed by atoms with Crippen molar-refractivity contribution in [3.05, 3.63) is 5.89 Å². The third kappa shape index (κ3) is 3.41. The number of anilines is 1. The number of likely N-dealkylation sites (N-methyl/N-ethyl adjacent to an activating group) is 1. The van der Waals surface area contributed by atoms with Crippen molar-refractivity contribution in [1.82, 2.24) is 15.0 Å². The Balaban J connectivity index is 1.85. The summed E-state index contributed by atoms with van der Waals surface area (Å²) in [6.45, 7) is 4.77. The van der Waals surface area contributed by atoms with Gasteiger partial charge in [0.25, 0.3) is 5.95 Å². The van der Waals surface area contributed by atoms with Crippen LogP contribution in [0.25, 0.3) is 0 Å². The summed E-state index contributed by atoms with van der Waals surface area (Å²) in [5, 5.41) is 4.03. The topological polar surface area (TPSA) is 71.4 Å². The average Bonchev–Trinajstić information content (AvgIpc) is 2.79. The van der Waals surface area contributed by atoms with Crippen molar-refractivity contribution >= 4 is 5.95 Å². The fraction of sp³-hybridized carbons (Fsp3) is 0.818. The number of hydrogen-bond donors (Lipinski definition) is 1. The summed E-state index contributed by atoms with van der Waals surface area (Å²) in [5.41, 5.74) is 5.45. The fourth-order valence-electron chi connectivity index (χ4n) is 1.90. The second-order valence-corrected chi connectivity index (χ2v) is 4.52. The van der Waals surface area contributed by atoms with Crippen LogP contribution in [0, 0.1) is 0 Å². The first kappa shape index (κ1) is 12.3. The highest BCUT2D eigenvalue weighted by Crippen LogP contribution is 2.12. The smallest absolute Gasteiger partial charge is 0.266 e. The van der Waals surface area contributed by atoms with E-state index in [0.29, 0.717) is 0 Å². The molecule has 1 aliphatic heterocycles. The molecule has 2 heterocycles. The molecule has 1 aliphatic rings. The van der Waals surface area contributed by atoms with E-state index in [1.54, 1.807) is 0 Å². The second kappa shape index (κ2) is 5.97. The Labute approximate surface area is 102 Å². The van der Waals surface area contributed by atoms with E-state index in [1.807, 2.05) is 0 Å². The zero-order valence-electron chi connectivity index (χ0n) is 10.4. The molecule has 17 heavy (non-hydrogen) atoms. The van der Waals surface area contributed by atoms with Crippen LogP contribution in [0.1, 0.15) is 18.7 Å². The monoisotopic (exact) mass is 239 g/mol. The Morgan fingerprint density at radius 2 is 2.00 bits per heavy atom. The van der Waals surface area contributed by atoms with Gasteiger partial charge in [-0.2, -0.15) is 4.98 Å². The summed E-state index contributed by atoms with van der Waals surface area (Å²) in [6.07, 6.45) is 2.85. The van der Waals surface area contributed by atoms with Gasteiger partial charge in [0.1, 0.15) is 0 Å². The van der Waals surface area contributed by atoms with E-state index in [4.69, 9.17) is 10.3 Å². The standard InChI is InChI=1S/C11H21N5O/c1-15-6-8-16(9-7-15)11-13-10(17-14-11)4-2-3-5-12/h2-9,12H2,1H3. The van der Waals surface area contributed by atoms with Crippen LogP contribution in [-0.2, 0) is 6.42 Å². The highest BCUT2D eigenvalue weighted by Gasteiger charge is 2.18. The van der Waals surface area contributed by atoms with Crippen LogP contribution in [0.4, 0.5) is 5.95 Å². The Kier molecular flexibility index (Phi) is 4.33. The van der Waals surface area contributed by atoms with Crippen LogP contribution < -0.4 is 10.6 Å². The van der Waals surface area contributed by atoms with Gasteiger partial charge in [-0.25, -0.2) is 0 Å². The van der Waals surface area contributed by atoms with Gasteiger partial charge in [0, 0.05) is 32.6 Å². The lowest BCUT2D eigenvalue weighted by molar-refractivity contribution is 0.308. The molecule has 1 fully saturated rings. The summed E-state index contributed by atoms with van der Waals surface area (Å²) in [7, 11) is 2.13. The SMILES string of the molecule is CN1CCN(c2noc(CCCCN)n2)CC1. The molecule has 2 N–H and O–H groups in total. The fourth-order valence-corrected chi connectivity index (χ4v) is 1.90. The molecule has 6 heteroatoms. The minimum atomic E-state index is 0.722. The summed E-state index contributed by atoms with van der Waals surface area (Å²) >= 11 is 0. The number of rotatable bonds is 5. The van der Waals surface area contributed by atoms with Gasteiger partial charge in [-0.05, 0) is 31.6 Å². The summed E-state index contributed by atoms with van der Waals surface area (Å²) in [6, 6.07) is 0. The molecule has 0 aromatic carbocycles. The van der Waals surface area contributed by atoms with E-state index < -0.39 is 0 Å². The largest absolute Gasteiger partial charge is 0.337 e. The number of nitrogens with zero attached hydrogens (tertiary/aromatic N) is 4. The number of hydrogen-bond acceptors (Lipinski definition) is 6. The Morgan fingerprint density at radius 1 is 1.24 bits per heavy atom. The highest BCUT2D eigenvalue weighted by atomic mass is 16.5. The first-order valence-corrected chi connectivity index (χ1v) is 6.26. The molecule has 0 bridgehead atoms. The van der Waals surface area contributed by atoms with Gasteiger partial charge >= 0.3 is 0 Å². The third-order valence-corrected chi connectivity index (χ3v) is 3.09. The van der Waals surface area contributed by atoms with Crippen molar-refractivity contribution in [2.24, 2.45) is 5.73 Å². The molecule has 1 aromatic heterocycles. The zero-order chi connectivity index (χ0) is 12.1. The molecular formula is C11H21N5O. The first-order valence-electron chi connectivity index (χ1n) is 6.26. The lowest BCUT2D eigenvalue weighted by atomic mass is 10.2. The van der Waals surface area contributed by atoms with Crippen molar-refractivity contribution < 1.29 is 4.52 Å². The van der Waals surface area contributed by atoms with Gasteiger partial charge in [-0.1, -0.05) is 0 Å². The van der Waals surface area contributed by atoms with Crippen molar-refractivity contribution in [2.45, 2.75) is 19.3 Å². The Morgan fingerprint density at radius 3 is 2.71 bits per heavy atom. The van der Waals surface area contributed by atoms with Gasteiger partial charge in [-0.3, -0.25) is 0 Å². The van der Waals surface area contributed by atoms with E-state index in [-0.39, 0.29) is 0 Å². The first-order chi connectivity index (χ1) is 8.29. The van der Waals surface area contributed by atoms with Crippen LogP contribution >= 0.6 is 0 Å². The number of aromatic nitrogens is 2. The van der Waals surface area contributed by atoms with Crippen molar-refractivity contribution in [3.8, 4) is 0 Å². The lowest BCUT2D eigenvalue weighted by Gasteiger charge is -2.31. The van der Waals surface area contributed by atoms with Gasteiger partial charge < -0.3 is 20.1 Å². The maximum atomic E-state index is 5.45. The molecule has 0 amide bonds. The second-order valence-electron chi connectivity index (χ2n) is 4.52. The van der Waals surface area contributed by atoms with Crippen LogP contribution in [0.2, 0.25) is 0 Å². The minimum Gasteiger partial charge on any atom is -0.337 e. The molecule has 0 saturated carbocycles. The Bertz CT molecular complexity index is 332. The zero-order valence-corrected chi connectivity index (χ0v) is 10.4. The van der Waals surface area contributed by atoms with E-state index >= 15 is 0 Å². The van der Waals surface area contributed by atoms with Gasteiger partial charge in [0.05, 0.1) is 0 Å². The molecule has 0 radical (unpaired) electrons. The minimum absolute atomic E-state index is 0.722. The molecule has 1 aromatic rings. The predicted molar refractivity (Wildman–Crippen MR) is 66.0 cm³/mol. The van der Waals surface area contributed by atoms with E-state index in [0.717, 1.165) is 63.8 Å². The number of piperazine rings is 1. The normalized spacial score (nSPS) is 17.6. The number of aryl methyl sites for hydroxylation is 1. The van der Waals surface area contributed by atoms with Gasteiger partial charge in [0.2, 0.25) is 5.89 Å². The van der Waals surface area contributed by atoms with Gasteiger partial charge in [0.15, 0.2) is 0 Å². The summed E-state index contributed by atoms with van der Waals surface area (Å²) in [4.78, 5) is 8.90. The number of nitrogens with two attached hydrogens (primary N) is 1.